The summed E-state index contributed by atoms with van der Waals surface area (Å²) in [4.78, 5) is 40.0. The zero-order chi connectivity index (χ0) is 41.0. The molecule has 5 rings (SSSR count). The first-order valence-corrected chi connectivity index (χ1v) is 21.0. The average molecular weight is 793 g/mol. The highest BCUT2D eigenvalue weighted by Gasteiger charge is 2.71. The van der Waals surface area contributed by atoms with Crippen molar-refractivity contribution in [1.82, 2.24) is 0 Å². The Balaban J connectivity index is 1.39. The molecule has 56 heavy (non-hydrogen) atoms. The highest BCUT2D eigenvalue weighted by atomic mass is 16.6. The van der Waals surface area contributed by atoms with Crippen LogP contribution < -0.4 is 0 Å². The lowest BCUT2D eigenvalue weighted by atomic mass is 9.33. The number of esters is 2. The fraction of sp³-hybridized carbons (Fsp3) is 0.886. The maximum Gasteiger partial charge on any atom is 0.332 e. The molecule has 4 fully saturated rings. The molecule has 0 unspecified atom stereocenters. The van der Waals surface area contributed by atoms with Crippen molar-refractivity contribution in [1.29, 1.82) is 0 Å². The number of rotatable bonds is 19. The smallest absolute Gasteiger partial charge is 0.332 e. The standard InChI is InChI=1S/C44H72O12/c1-39(2)14-16-44(38(47)48)17-15-42(6)30(31(44)26-39)10-11-34-41(5)27-32(55-35(45)28-53-24-22-51-20-18-49-8)37(40(3,4)33(41)12-13-43(34,42)7)56-36(46)29-54-25-23-52-21-19-50-9/h10,31-34,37H,11-29H2,1-9H3,(H,47,48)/t31-,32+,33-,34+,37-,41-,42+,43+,44-/m0/s1. The van der Waals surface area contributed by atoms with Gasteiger partial charge in [0.2, 0.25) is 0 Å². The van der Waals surface area contributed by atoms with E-state index in [2.05, 4.69) is 54.5 Å². The Morgan fingerprint density at radius 3 is 1.82 bits per heavy atom. The maximum atomic E-state index is 13.5. The molecule has 0 aliphatic heterocycles. The van der Waals surface area contributed by atoms with Gasteiger partial charge in [-0.25, -0.2) is 9.59 Å². The Bertz CT molecular complexity index is 1410. The largest absolute Gasteiger partial charge is 0.481 e. The van der Waals surface area contributed by atoms with E-state index in [-0.39, 0.29) is 65.8 Å². The fourth-order valence-corrected chi connectivity index (χ4v) is 12.5. The van der Waals surface area contributed by atoms with Crippen LogP contribution in [-0.2, 0) is 52.3 Å². The third-order valence-electron chi connectivity index (χ3n) is 15.5. The van der Waals surface area contributed by atoms with Crippen LogP contribution in [0, 0.1) is 50.2 Å². The third kappa shape index (κ3) is 8.76. The molecule has 9 atom stereocenters. The van der Waals surface area contributed by atoms with E-state index in [9.17, 15) is 19.5 Å². The number of aliphatic carboxylic acids is 1. The van der Waals surface area contributed by atoms with Gasteiger partial charge in [-0.2, -0.15) is 0 Å². The molecule has 0 bridgehead atoms. The number of carbonyl (C=O) groups is 3. The van der Waals surface area contributed by atoms with Crippen LogP contribution in [0.5, 0.6) is 0 Å². The molecule has 5 aliphatic rings. The summed E-state index contributed by atoms with van der Waals surface area (Å²) in [6.07, 6.45) is 8.45. The van der Waals surface area contributed by atoms with Crippen molar-refractivity contribution in [3.8, 4) is 0 Å². The van der Waals surface area contributed by atoms with Gasteiger partial charge in [0.05, 0.1) is 58.3 Å². The van der Waals surface area contributed by atoms with Crippen molar-refractivity contribution in [2.45, 2.75) is 118 Å². The number of allylic oxidation sites excluding steroid dienone is 2. The number of fused-ring (bicyclic) bond motifs is 7. The van der Waals surface area contributed by atoms with Crippen LogP contribution >= 0.6 is 0 Å². The van der Waals surface area contributed by atoms with E-state index < -0.39 is 40.9 Å². The van der Waals surface area contributed by atoms with Gasteiger partial charge in [0.1, 0.15) is 25.4 Å². The van der Waals surface area contributed by atoms with Gasteiger partial charge in [0.15, 0.2) is 0 Å². The van der Waals surface area contributed by atoms with Crippen LogP contribution in [0.1, 0.15) is 106 Å². The monoisotopic (exact) mass is 793 g/mol. The van der Waals surface area contributed by atoms with Gasteiger partial charge in [0.25, 0.3) is 0 Å². The lowest BCUT2D eigenvalue weighted by Gasteiger charge is -2.71. The molecule has 0 heterocycles. The summed E-state index contributed by atoms with van der Waals surface area (Å²) in [5, 5.41) is 10.8. The first kappa shape index (κ1) is 45.0. The molecule has 12 heteroatoms. The summed E-state index contributed by atoms with van der Waals surface area (Å²) in [6.45, 7) is 18.7. The quantitative estimate of drug-likeness (QED) is 0.0848. The minimum absolute atomic E-state index is 0.0237. The van der Waals surface area contributed by atoms with Gasteiger partial charge < -0.3 is 43.0 Å². The second kappa shape index (κ2) is 18.0. The Kier molecular flexibility index (Phi) is 14.5. The summed E-state index contributed by atoms with van der Waals surface area (Å²) in [6, 6.07) is 0. The minimum Gasteiger partial charge on any atom is -0.481 e. The van der Waals surface area contributed by atoms with Crippen molar-refractivity contribution in [2.75, 3.05) is 80.3 Å². The normalized spacial score (nSPS) is 36.9. The Labute approximate surface area is 335 Å². The van der Waals surface area contributed by atoms with Crippen molar-refractivity contribution >= 4 is 17.9 Å². The molecule has 0 spiro atoms. The molecular formula is C44H72O12. The molecule has 1 N–H and O–H groups in total. The molecular weight excluding hydrogens is 720 g/mol. The van der Waals surface area contributed by atoms with E-state index in [0.717, 1.165) is 44.9 Å². The van der Waals surface area contributed by atoms with E-state index in [4.69, 9.17) is 37.9 Å². The maximum absolute atomic E-state index is 13.5. The molecule has 0 aromatic rings. The lowest BCUT2D eigenvalue weighted by molar-refractivity contribution is -0.247. The van der Waals surface area contributed by atoms with Crippen LogP contribution in [0.2, 0.25) is 0 Å². The predicted octanol–water partition coefficient (Wildman–Crippen LogP) is 6.67. The number of ether oxygens (including phenoxy) is 8. The highest BCUT2D eigenvalue weighted by molar-refractivity contribution is 5.76. The molecule has 0 aromatic carbocycles. The second-order valence-corrected chi connectivity index (χ2v) is 19.5. The fourth-order valence-electron chi connectivity index (χ4n) is 12.5. The van der Waals surface area contributed by atoms with Crippen molar-refractivity contribution in [2.24, 2.45) is 50.2 Å². The Morgan fingerprint density at radius 2 is 1.23 bits per heavy atom. The van der Waals surface area contributed by atoms with Gasteiger partial charge in [-0.3, -0.25) is 4.79 Å². The van der Waals surface area contributed by atoms with E-state index in [1.54, 1.807) is 14.2 Å². The van der Waals surface area contributed by atoms with E-state index in [0.29, 0.717) is 52.5 Å². The van der Waals surface area contributed by atoms with Crippen molar-refractivity contribution < 1.29 is 57.4 Å². The van der Waals surface area contributed by atoms with Crippen molar-refractivity contribution in [3.05, 3.63) is 11.6 Å². The summed E-state index contributed by atoms with van der Waals surface area (Å²) < 4.78 is 44.8. The average Bonchev–Trinajstić information content (AvgIpc) is 3.12. The molecule has 0 amide bonds. The molecule has 0 saturated heterocycles. The number of carboxylic acids is 1. The first-order valence-electron chi connectivity index (χ1n) is 21.0. The van der Waals surface area contributed by atoms with Crippen LogP contribution in [0.15, 0.2) is 11.6 Å². The lowest BCUT2D eigenvalue weighted by Crippen LogP contribution is -2.68. The van der Waals surface area contributed by atoms with Gasteiger partial charge >= 0.3 is 17.9 Å². The Hall–Kier alpha value is -2.09. The van der Waals surface area contributed by atoms with E-state index in [1.165, 1.54) is 5.57 Å². The zero-order valence-corrected chi connectivity index (χ0v) is 35.8. The summed E-state index contributed by atoms with van der Waals surface area (Å²) in [5.41, 5.74) is -0.320. The van der Waals surface area contributed by atoms with E-state index >= 15 is 0 Å². The second-order valence-electron chi connectivity index (χ2n) is 19.5. The van der Waals surface area contributed by atoms with Crippen LogP contribution in [-0.4, -0.2) is 116 Å². The molecule has 320 valence electrons. The highest BCUT2D eigenvalue weighted by Crippen LogP contribution is 2.76. The van der Waals surface area contributed by atoms with Crippen LogP contribution in [0.25, 0.3) is 0 Å². The zero-order valence-electron chi connectivity index (χ0n) is 35.8. The topological polar surface area (TPSA) is 145 Å². The predicted molar refractivity (Wildman–Crippen MR) is 209 cm³/mol. The number of carboxylic acid groups (broad SMARTS) is 1. The first-order chi connectivity index (χ1) is 26.4. The Morgan fingerprint density at radius 1 is 0.679 bits per heavy atom. The summed E-state index contributed by atoms with van der Waals surface area (Å²) in [5.74, 6) is -1.21. The molecule has 4 saturated carbocycles. The van der Waals surface area contributed by atoms with E-state index in [1.807, 2.05) is 0 Å². The van der Waals surface area contributed by atoms with Gasteiger partial charge in [-0.15, -0.1) is 0 Å². The molecule has 12 nitrogen and oxygen atoms in total. The number of methoxy groups -OCH3 is 2. The SMILES string of the molecule is COCCOCCOCC(=O)O[C@@H]1C[C@]2(C)[C@H]3CC=C4[C@@H]5CC(C)(C)CC[C@]5(C(=O)O)CC[C@@]4(C)[C@]3(C)CC[C@H]2C(C)(C)[C@H]1OC(=O)COCCOCCOC. The van der Waals surface area contributed by atoms with Gasteiger partial charge in [-0.1, -0.05) is 60.1 Å². The summed E-state index contributed by atoms with van der Waals surface area (Å²) >= 11 is 0. The number of hydrogen-bond donors (Lipinski definition) is 1. The molecule has 0 aromatic heterocycles. The van der Waals surface area contributed by atoms with Crippen molar-refractivity contribution in [3.63, 3.8) is 0 Å². The molecule has 0 radical (unpaired) electrons. The van der Waals surface area contributed by atoms with Crippen LogP contribution in [0.3, 0.4) is 0 Å². The number of carbonyl (C=O) groups excluding carboxylic acids is 2. The van der Waals surface area contributed by atoms with Gasteiger partial charge in [0, 0.05) is 19.6 Å². The van der Waals surface area contributed by atoms with Gasteiger partial charge in [-0.05, 0) is 97.2 Å². The minimum atomic E-state index is -0.702. The third-order valence-corrected chi connectivity index (χ3v) is 15.5. The van der Waals surface area contributed by atoms with Crippen LogP contribution in [0.4, 0.5) is 0 Å². The molecule has 5 aliphatic carbocycles. The summed E-state index contributed by atoms with van der Waals surface area (Å²) in [7, 11) is 3.22. The number of hydrogen-bond acceptors (Lipinski definition) is 11.